The molecule has 2 aromatic carbocycles. The average molecular weight is 381 g/mol. The third-order valence-electron chi connectivity index (χ3n) is 5.42. The topological polar surface area (TPSA) is 73.3 Å². The summed E-state index contributed by atoms with van der Waals surface area (Å²) < 4.78 is 5.32. The van der Waals surface area contributed by atoms with Gasteiger partial charge in [-0.25, -0.2) is 4.90 Å². The summed E-state index contributed by atoms with van der Waals surface area (Å²) in [6, 6.07) is 13.8. The van der Waals surface area contributed by atoms with Gasteiger partial charge in [0.2, 0.25) is 5.91 Å². The van der Waals surface area contributed by atoms with Crippen LogP contribution in [-0.2, 0) is 9.59 Å². The summed E-state index contributed by atoms with van der Waals surface area (Å²) in [7, 11) is 1.53. The van der Waals surface area contributed by atoms with Gasteiger partial charge >= 0.3 is 0 Å². The number of hydrogen-bond acceptors (Lipinski definition) is 6. The first kappa shape index (κ1) is 18.3. The summed E-state index contributed by atoms with van der Waals surface area (Å²) in [5, 5.41) is 9.44. The number of nitrogens with zero attached hydrogens (tertiary/aromatic N) is 3. The summed E-state index contributed by atoms with van der Waals surface area (Å²) in [5.74, 6) is 0.379. The molecule has 2 fully saturated rings. The van der Waals surface area contributed by atoms with E-state index >= 15 is 0 Å². The van der Waals surface area contributed by atoms with Crippen molar-refractivity contribution in [1.82, 2.24) is 4.90 Å². The van der Waals surface area contributed by atoms with Crippen LogP contribution < -0.4 is 14.5 Å². The van der Waals surface area contributed by atoms with Gasteiger partial charge in [-0.1, -0.05) is 12.1 Å². The Balaban J connectivity index is 1.45. The number of amides is 2. The summed E-state index contributed by atoms with van der Waals surface area (Å²) in [4.78, 5) is 31.2. The lowest BCUT2D eigenvalue weighted by Crippen LogP contribution is -2.52. The SMILES string of the molecule is COc1ccccc1N1C(=O)CC(N2CCN(c3ccc(O)cc3)CC2)C1=O. The van der Waals surface area contributed by atoms with Crippen molar-refractivity contribution in [2.24, 2.45) is 0 Å². The highest BCUT2D eigenvalue weighted by Crippen LogP contribution is 2.33. The summed E-state index contributed by atoms with van der Waals surface area (Å²) in [5.41, 5.74) is 1.55. The monoisotopic (exact) mass is 381 g/mol. The second-order valence-electron chi connectivity index (χ2n) is 7.00. The van der Waals surface area contributed by atoms with Gasteiger partial charge in [0.1, 0.15) is 11.5 Å². The molecule has 1 N–H and O–H groups in total. The number of rotatable bonds is 4. The summed E-state index contributed by atoms with van der Waals surface area (Å²) in [6.45, 7) is 2.92. The molecule has 2 amide bonds. The molecule has 0 aliphatic carbocycles. The first-order chi connectivity index (χ1) is 13.6. The van der Waals surface area contributed by atoms with Crippen LogP contribution in [0, 0.1) is 0 Å². The van der Waals surface area contributed by atoms with Gasteiger partial charge in [0.25, 0.3) is 5.91 Å². The number of imide groups is 1. The maximum absolute atomic E-state index is 13.0. The van der Waals surface area contributed by atoms with Crippen molar-refractivity contribution in [2.75, 3.05) is 43.1 Å². The van der Waals surface area contributed by atoms with E-state index in [1.807, 2.05) is 18.2 Å². The van der Waals surface area contributed by atoms with E-state index < -0.39 is 6.04 Å². The highest BCUT2D eigenvalue weighted by atomic mass is 16.5. The third kappa shape index (κ3) is 3.29. The molecule has 0 aromatic heterocycles. The fourth-order valence-electron chi connectivity index (χ4n) is 3.92. The Bertz CT molecular complexity index is 875. The van der Waals surface area contributed by atoms with Gasteiger partial charge < -0.3 is 14.7 Å². The lowest BCUT2D eigenvalue weighted by atomic mass is 10.1. The zero-order chi connectivity index (χ0) is 19.7. The van der Waals surface area contributed by atoms with E-state index in [2.05, 4.69) is 9.80 Å². The largest absolute Gasteiger partial charge is 0.508 e. The second kappa shape index (κ2) is 7.52. The molecular formula is C21H23N3O4. The number of methoxy groups -OCH3 is 1. The predicted molar refractivity (Wildman–Crippen MR) is 106 cm³/mol. The molecule has 0 radical (unpaired) electrons. The molecule has 2 aliphatic rings. The van der Waals surface area contributed by atoms with Crippen molar-refractivity contribution in [1.29, 1.82) is 0 Å². The van der Waals surface area contributed by atoms with E-state index in [1.54, 1.807) is 30.3 Å². The number of aromatic hydroxyl groups is 1. The van der Waals surface area contributed by atoms with E-state index in [-0.39, 0.29) is 24.0 Å². The van der Waals surface area contributed by atoms with E-state index in [0.29, 0.717) is 24.5 Å². The lowest BCUT2D eigenvalue weighted by Gasteiger charge is -2.38. The van der Waals surface area contributed by atoms with E-state index in [1.165, 1.54) is 12.0 Å². The summed E-state index contributed by atoms with van der Waals surface area (Å²) in [6.07, 6.45) is 0.191. The molecule has 1 unspecified atom stereocenters. The number of anilines is 2. The molecule has 2 aromatic rings. The highest BCUT2D eigenvalue weighted by molar-refractivity contribution is 6.23. The van der Waals surface area contributed by atoms with Gasteiger partial charge in [-0.15, -0.1) is 0 Å². The van der Waals surface area contributed by atoms with Crippen molar-refractivity contribution < 1.29 is 19.4 Å². The molecule has 28 heavy (non-hydrogen) atoms. The molecule has 4 rings (SSSR count). The highest BCUT2D eigenvalue weighted by Gasteiger charge is 2.44. The van der Waals surface area contributed by atoms with Crippen LogP contribution in [0.1, 0.15) is 6.42 Å². The fourth-order valence-corrected chi connectivity index (χ4v) is 3.92. The zero-order valence-electron chi connectivity index (χ0n) is 15.7. The normalized spacial score (nSPS) is 20.7. The molecule has 7 nitrogen and oxygen atoms in total. The standard InChI is InChI=1S/C21H23N3O4/c1-28-19-5-3-2-4-17(19)24-20(26)14-18(21(24)27)23-12-10-22(11-13-23)15-6-8-16(25)9-7-15/h2-9,18,25H,10-14H2,1H3. The number of para-hydroxylation sites is 2. The number of benzene rings is 2. The maximum Gasteiger partial charge on any atom is 0.251 e. The van der Waals surface area contributed by atoms with Crippen LogP contribution in [0.4, 0.5) is 11.4 Å². The Hall–Kier alpha value is -3.06. The molecule has 2 aliphatic heterocycles. The van der Waals surface area contributed by atoms with E-state index in [4.69, 9.17) is 4.74 Å². The van der Waals surface area contributed by atoms with Crippen molar-refractivity contribution >= 4 is 23.2 Å². The Labute approximate surface area is 163 Å². The maximum atomic E-state index is 13.0. The minimum Gasteiger partial charge on any atom is -0.508 e. The van der Waals surface area contributed by atoms with Crippen molar-refractivity contribution in [3.05, 3.63) is 48.5 Å². The summed E-state index contributed by atoms with van der Waals surface area (Å²) >= 11 is 0. The fraction of sp³-hybridized carbons (Fsp3) is 0.333. The number of carbonyl (C=O) groups excluding carboxylic acids is 2. The minimum absolute atomic E-state index is 0.187. The smallest absolute Gasteiger partial charge is 0.251 e. The van der Waals surface area contributed by atoms with Gasteiger partial charge in [0, 0.05) is 31.9 Å². The van der Waals surface area contributed by atoms with Gasteiger partial charge in [-0.3, -0.25) is 14.5 Å². The third-order valence-corrected chi connectivity index (χ3v) is 5.42. The predicted octanol–water partition coefficient (Wildman–Crippen LogP) is 1.85. The quantitative estimate of drug-likeness (QED) is 0.815. The number of ether oxygens (including phenoxy) is 1. The van der Waals surface area contributed by atoms with Gasteiger partial charge in [0.05, 0.1) is 25.3 Å². The number of carbonyl (C=O) groups is 2. The van der Waals surface area contributed by atoms with Crippen LogP contribution in [-0.4, -0.2) is 61.2 Å². The molecule has 7 heteroatoms. The molecule has 1 atom stereocenters. The van der Waals surface area contributed by atoms with E-state index in [9.17, 15) is 14.7 Å². The van der Waals surface area contributed by atoms with Gasteiger partial charge in [-0.2, -0.15) is 0 Å². The molecular weight excluding hydrogens is 358 g/mol. The molecule has 0 saturated carbocycles. The number of hydrogen-bond donors (Lipinski definition) is 1. The first-order valence-corrected chi connectivity index (χ1v) is 9.36. The Kier molecular flexibility index (Phi) is 4.92. The number of phenolic OH excluding ortho intramolecular Hbond substituents is 1. The molecule has 0 bridgehead atoms. The van der Waals surface area contributed by atoms with E-state index in [0.717, 1.165) is 18.8 Å². The number of piperazine rings is 1. The minimum atomic E-state index is -0.431. The lowest BCUT2D eigenvalue weighted by molar-refractivity contribution is -0.123. The first-order valence-electron chi connectivity index (χ1n) is 9.36. The van der Waals surface area contributed by atoms with Crippen molar-refractivity contribution in [2.45, 2.75) is 12.5 Å². The second-order valence-corrected chi connectivity index (χ2v) is 7.00. The molecule has 2 heterocycles. The van der Waals surface area contributed by atoms with Crippen LogP contribution in [0.25, 0.3) is 0 Å². The van der Waals surface area contributed by atoms with Gasteiger partial charge in [0.15, 0.2) is 0 Å². The Morgan fingerprint density at radius 1 is 0.964 bits per heavy atom. The average Bonchev–Trinajstić information content (AvgIpc) is 3.02. The van der Waals surface area contributed by atoms with Crippen LogP contribution in [0.2, 0.25) is 0 Å². The van der Waals surface area contributed by atoms with Crippen LogP contribution in [0.15, 0.2) is 48.5 Å². The van der Waals surface area contributed by atoms with Crippen LogP contribution >= 0.6 is 0 Å². The molecule has 0 spiro atoms. The van der Waals surface area contributed by atoms with Crippen molar-refractivity contribution in [3.8, 4) is 11.5 Å². The molecule has 146 valence electrons. The van der Waals surface area contributed by atoms with Crippen LogP contribution in [0.3, 0.4) is 0 Å². The van der Waals surface area contributed by atoms with Gasteiger partial charge in [-0.05, 0) is 36.4 Å². The Morgan fingerprint density at radius 3 is 2.32 bits per heavy atom. The van der Waals surface area contributed by atoms with Crippen LogP contribution in [0.5, 0.6) is 11.5 Å². The van der Waals surface area contributed by atoms with Crippen molar-refractivity contribution in [3.63, 3.8) is 0 Å². The number of phenols is 1. The zero-order valence-corrected chi connectivity index (χ0v) is 15.7. The Morgan fingerprint density at radius 2 is 1.64 bits per heavy atom. The molecule has 2 saturated heterocycles.